The molecule has 0 saturated carbocycles. The van der Waals surface area contributed by atoms with Gasteiger partial charge in [-0.2, -0.15) is 0 Å². The summed E-state index contributed by atoms with van der Waals surface area (Å²) in [5.74, 6) is 0.706. The monoisotopic (exact) mass is 698 g/mol. The van der Waals surface area contributed by atoms with Crippen LogP contribution in [0.15, 0.2) is 72.8 Å². The van der Waals surface area contributed by atoms with Crippen LogP contribution in [0.4, 0.5) is 0 Å². The van der Waals surface area contributed by atoms with Crippen LogP contribution >= 0.6 is 0 Å². The Balaban J connectivity index is 1.75. The van der Waals surface area contributed by atoms with Gasteiger partial charge < -0.3 is 38.1 Å². The van der Waals surface area contributed by atoms with Gasteiger partial charge in [0.25, 0.3) is 0 Å². The molecule has 0 spiro atoms. The van der Waals surface area contributed by atoms with Gasteiger partial charge in [0.05, 0.1) is 34.8 Å². The molecule has 0 radical (unpaired) electrons. The van der Waals surface area contributed by atoms with Gasteiger partial charge in [0.15, 0.2) is 0 Å². The van der Waals surface area contributed by atoms with Crippen LogP contribution in [0.1, 0.15) is 58.1 Å². The molecule has 0 fully saturated rings. The lowest BCUT2D eigenvalue weighted by atomic mass is 9.78. The van der Waals surface area contributed by atoms with Gasteiger partial charge in [0, 0.05) is 16.6 Å². The number of carbonyl (C=O) groups is 2. The first-order valence-corrected chi connectivity index (χ1v) is 17.4. The van der Waals surface area contributed by atoms with Crippen molar-refractivity contribution in [2.75, 3.05) is 80.8 Å². The summed E-state index contributed by atoms with van der Waals surface area (Å²) in [5.41, 5.74) is 2.79. The van der Waals surface area contributed by atoms with Gasteiger partial charge in [-0.05, 0) is 68.5 Å². The average Bonchev–Trinajstić information content (AvgIpc) is 3.03. The van der Waals surface area contributed by atoms with Crippen LogP contribution in [0.5, 0.6) is 11.5 Å². The molecule has 10 heteroatoms. The fourth-order valence-corrected chi connectivity index (χ4v) is 5.45. The zero-order valence-electron chi connectivity index (χ0n) is 31.7. The molecule has 2 rings (SSSR count). The number of hydrogen-bond acceptors (Lipinski definition) is 8. The molecule has 50 heavy (non-hydrogen) atoms. The van der Waals surface area contributed by atoms with E-state index in [2.05, 4.69) is 51.3 Å². The molecule has 0 amide bonds. The van der Waals surface area contributed by atoms with E-state index in [9.17, 15) is 19.8 Å². The van der Waals surface area contributed by atoms with Crippen LogP contribution in [0, 0.1) is 0 Å². The van der Waals surface area contributed by atoms with E-state index >= 15 is 0 Å². The van der Waals surface area contributed by atoms with E-state index in [-0.39, 0.29) is 24.6 Å². The Bertz CT molecular complexity index is 1380. The van der Waals surface area contributed by atoms with E-state index in [0.29, 0.717) is 71.7 Å². The normalized spacial score (nSPS) is 13.2. The Labute approximate surface area is 300 Å². The summed E-state index contributed by atoms with van der Waals surface area (Å²) in [7, 11) is 7.98. The lowest BCUT2D eigenvalue weighted by Gasteiger charge is -2.31. The fraction of sp³-hybridized carbons (Fsp3) is 0.550. The van der Waals surface area contributed by atoms with Crippen molar-refractivity contribution < 1.29 is 47.7 Å². The number of nitrogens with zero attached hydrogens (tertiary/aromatic N) is 2. The van der Waals surface area contributed by atoms with Gasteiger partial charge >= 0.3 is 11.9 Å². The zero-order valence-corrected chi connectivity index (χ0v) is 31.7. The summed E-state index contributed by atoms with van der Waals surface area (Å²) >= 11 is 0. The number of quaternary nitrogens is 2. The summed E-state index contributed by atoms with van der Waals surface area (Å²) in [4.78, 5) is 23.2. The van der Waals surface area contributed by atoms with Gasteiger partial charge in [-0.15, -0.1) is 0 Å². The van der Waals surface area contributed by atoms with Gasteiger partial charge in [0.2, 0.25) is 0 Å². The summed E-state index contributed by atoms with van der Waals surface area (Å²) in [5, 5.41) is 21.1. The number of hydrogen-bond donors (Lipinski definition) is 2. The van der Waals surface area contributed by atoms with Crippen molar-refractivity contribution in [1.29, 1.82) is 0 Å². The lowest BCUT2D eigenvalue weighted by molar-refractivity contribution is -0.893. The van der Waals surface area contributed by atoms with Crippen molar-refractivity contribution in [3.63, 3.8) is 0 Å². The minimum Gasteiger partial charge on any atom is -0.494 e. The predicted molar refractivity (Wildman–Crippen MR) is 197 cm³/mol. The number of benzene rings is 2. The van der Waals surface area contributed by atoms with Crippen molar-refractivity contribution in [1.82, 2.24) is 0 Å². The molecule has 0 heterocycles. The van der Waals surface area contributed by atoms with Crippen LogP contribution in [0.2, 0.25) is 0 Å². The summed E-state index contributed by atoms with van der Waals surface area (Å²) in [6.07, 6.45) is 1.25. The summed E-state index contributed by atoms with van der Waals surface area (Å²) in [6, 6.07) is 16.1. The standard InChI is InChI=1S/C40H62N2O8/c1-30(2)38(45)48-25-22-41(7,8)27-34(43)13-11-12-24-47-36-18-14-32(15-19-36)40(5,6)33-16-20-37(21-17-33)50-29-35(44)28-42(9,10)23-26-49-39(46)31(3)4/h14-21,34-35,43-44H,1,3,11-13,22-29H2,2,4-10H3/q+2. The molecular formula is C40H62N2O8+2. The molecule has 10 nitrogen and oxygen atoms in total. The smallest absolute Gasteiger partial charge is 0.333 e. The third-order valence-corrected chi connectivity index (χ3v) is 8.76. The summed E-state index contributed by atoms with van der Waals surface area (Å²) in [6.45, 7) is 18.3. The second kappa shape index (κ2) is 19.6. The Morgan fingerprint density at radius 2 is 1.10 bits per heavy atom. The predicted octanol–water partition coefficient (Wildman–Crippen LogP) is 5.05. The number of aliphatic hydroxyl groups excluding tert-OH is 2. The third kappa shape index (κ3) is 15.5. The van der Waals surface area contributed by atoms with Gasteiger partial charge in [-0.25, -0.2) is 9.59 Å². The van der Waals surface area contributed by atoms with E-state index in [4.69, 9.17) is 18.9 Å². The third-order valence-electron chi connectivity index (χ3n) is 8.76. The van der Waals surface area contributed by atoms with Gasteiger partial charge in [0.1, 0.15) is 69.7 Å². The SMILES string of the molecule is C=C(C)C(=O)OCC[N+](C)(C)CC(O)CCCCOc1ccc(C(C)(C)c2ccc(OCC(O)C[N+](C)(C)CCOC(=O)C(=C)C)cc2)cc1. The molecule has 2 atom stereocenters. The molecule has 0 aliphatic rings. The number of rotatable bonds is 23. The molecule has 0 saturated heterocycles. The number of ether oxygens (including phenoxy) is 4. The minimum absolute atomic E-state index is 0.159. The topological polar surface area (TPSA) is 112 Å². The van der Waals surface area contributed by atoms with Crippen molar-refractivity contribution in [3.05, 3.63) is 84.0 Å². The quantitative estimate of drug-likeness (QED) is 0.0718. The fourth-order valence-electron chi connectivity index (χ4n) is 5.45. The largest absolute Gasteiger partial charge is 0.494 e. The lowest BCUT2D eigenvalue weighted by Crippen LogP contribution is -2.48. The van der Waals surface area contributed by atoms with Gasteiger partial charge in [-0.1, -0.05) is 51.3 Å². The second-order valence-electron chi connectivity index (χ2n) is 15.2. The number of aliphatic hydroxyl groups is 2. The number of esters is 2. The maximum atomic E-state index is 11.6. The molecule has 2 aromatic rings. The van der Waals surface area contributed by atoms with Crippen LogP contribution in [0.25, 0.3) is 0 Å². The second-order valence-corrected chi connectivity index (χ2v) is 15.2. The first kappa shape index (κ1) is 42.5. The van der Waals surface area contributed by atoms with Crippen LogP contribution in [-0.4, -0.2) is 124 Å². The van der Waals surface area contributed by atoms with E-state index in [1.807, 2.05) is 52.5 Å². The molecule has 2 unspecified atom stereocenters. The molecule has 0 aliphatic carbocycles. The average molecular weight is 699 g/mol. The molecule has 0 bridgehead atoms. The highest BCUT2D eigenvalue weighted by molar-refractivity contribution is 5.87. The van der Waals surface area contributed by atoms with Crippen molar-refractivity contribution >= 4 is 11.9 Å². The van der Waals surface area contributed by atoms with Crippen molar-refractivity contribution in [3.8, 4) is 11.5 Å². The van der Waals surface area contributed by atoms with E-state index in [1.165, 1.54) is 0 Å². The van der Waals surface area contributed by atoms with E-state index in [1.54, 1.807) is 13.8 Å². The highest BCUT2D eigenvalue weighted by Crippen LogP contribution is 2.33. The maximum absolute atomic E-state index is 11.6. The zero-order chi connectivity index (χ0) is 37.5. The van der Waals surface area contributed by atoms with E-state index < -0.39 is 18.2 Å². The Morgan fingerprint density at radius 1 is 0.680 bits per heavy atom. The first-order valence-electron chi connectivity index (χ1n) is 17.4. The van der Waals surface area contributed by atoms with Crippen LogP contribution in [-0.2, 0) is 24.5 Å². The highest BCUT2D eigenvalue weighted by atomic mass is 16.5. The Hall–Kier alpha value is -3.70. The first-order chi connectivity index (χ1) is 23.3. The minimum atomic E-state index is -0.681. The number of likely N-dealkylation sites (N-methyl/N-ethyl adjacent to an activating group) is 2. The van der Waals surface area contributed by atoms with Crippen molar-refractivity contribution in [2.24, 2.45) is 0 Å². The molecule has 2 aromatic carbocycles. The number of unbranched alkanes of at least 4 members (excludes halogenated alkanes) is 1. The molecule has 0 aliphatic heterocycles. The molecule has 2 N–H and O–H groups in total. The van der Waals surface area contributed by atoms with Crippen LogP contribution in [0.3, 0.4) is 0 Å². The summed E-state index contributed by atoms with van der Waals surface area (Å²) < 4.78 is 23.3. The number of carbonyl (C=O) groups excluding carboxylic acids is 2. The molecular weight excluding hydrogens is 636 g/mol. The Morgan fingerprint density at radius 3 is 1.54 bits per heavy atom. The Kier molecular flexibility index (Phi) is 16.7. The maximum Gasteiger partial charge on any atom is 0.333 e. The highest BCUT2D eigenvalue weighted by Gasteiger charge is 2.25. The van der Waals surface area contributed by atoms with Crippen molar-refractivity contribution in [2.45, 2.75) is 64.6 Å². The molecule has 278 valence electrons. The van der Waals surface area contributed by atoms with E-state index in [0.717, 1.165) is 29.7 Å². The molecule has 0 aromatic heterocycles. The van der Waals surface area contributed by atoms with Gasteiger partial charge in [-0.3, -0.25) is 0 Å². The van der Waals surface area contributed by atoms with Crippen LogP contribution < -0.4 is 9.47 Å².